The zero-order valence-electron chi connectivity index (χ0n) is 15.3. The van der Waals surface area contributed by atoms with Gasteiger partial charge in [0.15, 0.2) is 0 Å². The first-order valence-electron chi connectivity index (χ1n) is 8.68. The summed E-state index contributed by atoms with van der Waals surface area (Å²) in [5, 5.41) is 2.65. The first-order valence-corrected chi connectivity index (χ1v) is 8.68. The summed E-state index contributed by atoms with van der Waals surface area (Å²) in [5.41, 5.74) is 0.356. The highest BCUT2D eigenvalue weighted by Crippen LogP contribution is 2.29. The number of amides is 3. The SMILES string of the molecule is Cc1cccc2nc(CN3C(=O)NC(C)(c4ccc(F)cc4)C3=O)cc(=O)n12. The second kappa shape index (κ2) is 6.26. The summed E-state index contributed by atoms with van der Waals surface area (Å²) in [4.78, 5) is 43.3. The first kappa shape index (κ1) is 17.8. The maximum Gasteiger partial charge on any atom is 0.325 e. The predicted octanol–water partition coefficient (Wildman–Crippen LogP) is 2.11. The van der Waals surface area contributed by atoms with Gasteiger partial charge in [0.25, 0.3) is 11.5 Å². The van der Waals surface area contributed by atoms with Gasteiger partial charge >= 0.3 is 6.03 Å². The number of nitrogens with zero attached hydrogens (tertiary/aromatic N) is 3. The lowest BCUT2D eigenvalue weighted by atomic mass is 9.92. The van der Waals surface area contributed by atoms with E-state index in [4.69, 9.17) is 0 Å². The molecule has 28 heavy (non-hydrogen) atoms. The number of carbonyl (C=O) groups excluding carboxylic acids is 2. The molecule has 1 aliphatic rings. The number of aromatic nitrogens is 2. The van der Waals surface area contributed by atoms with Crippen molar-refractivity contribution in [2.24, 2.45) is 0 Å². The van der Waals surface area contributed by atoms with Crippen molar-refractivity contribution >= 4 is 17.6 Å². The highest BCUT2D eigenvalue weighted by Gasteiger charge is 2.49. The highest BCUT2D eigenvalue weighted by molar-refractivity contribution is 6.07. The number of hydrogen-bond donors (Lipinski definition) is 1. The van der Waals surface area contributed by atoms with Crippen molar-refractivity contribution in [3.05, 3.63) is 81.7 Å². The molecule has 0 spiro atoms. The van der Waals surface area contributed by atoms with Gasteiger partial charge in [-0.05, 0) is 43.7 Å². The Morgan fingerprint density at radius 1 is 1.11 bits per heavy atom. The Morgan fingerprint density at radius 2 is 1.82 bits per heavy atom. The van der Waals surface area contributed by atoms with E-state index in [-0.39, 0.29) is 12.1 Å². The molecule has 1 aromatic carbocycles. The molecule has 4 rings (SSSR count). The molecular weight excluding hydrogens is 363 g/mol. The van der Waals surface area contributed by atoms with Crippen LogP contribution in [0.25, 0.3) is 5.65 Å². The van der Waals surface area contributed by atoms with E-state index < -0.39 is 23.3 Å². The molecule has 8 heteroatoms. The van der Waals surface area contributed by atoms with E-state index in [9.17, 15) is 18.8 Å². The van der Waals surface area contributed by atoms with Crippen molar-refractivity contribution in [3.8, 4) is 0 Å². The fraction of sp³-hybridized carbons (Fsp3) is 0.200. The van der Waals surface area contributed by atoms with Crippen LogP contribution in [0.3, 0.4) is 0 Å². The maximum atomic E-state index is 13.2. The molecular formula is C20H17FN4O3. The second-order valence-corrected chi connectivity index (χ2v) is 6.90. The van der Waals surface area contributed by atoms with E-state index in [1.165, 1.54) is 34.7 Å². The number of aryl methyl sites for hydroxylation is 1. The smallest absolute Gasteiger partial charge is 0.319 e. The molecule has 142 valence electrons. The van der Waals surface area contributed by atoms with Gasteiger partial charge in [0.05, 0.1) is 12.2 Å². The molecule has 0 aliphatic carbocycles. The summed E-state index contributed by atoms with van der Waals surface area (Å²) < 4.78 is 14.7. The third kappa shape index (κ3) is 2.74. The Labute approximate surface area is 159 Å². The minimum Gasteiger partial charge on any atom is -0.319 e. The molecule has 2 aromatic heterocycles. The first-order chi connectivity index (χ1) is 13.3. The van der Waals surface area contributed by atoms with Gasteiger partial charge < -0.3 is 5.32 Å². The molecule has 1 aliphatic heterocycles. The number of nitrogens with one attached hydrogen (secondary N) is 1. The minimum absolute atomic E-state index is 0.138. The number of pyridine rings is 1. The largest absolute Gasteiger partial charge is 0.325 e. The molecule has 3 heterocycles. The molecule has 3 aromatic rings. The van der Waals surface area contributed by atoms with E-state index in [1.54, 1.807) is 32.0 Å². The van der Waals surface area contributed by atoms with Gasteiger partial charge in [-0.15, -0.1) is 0 Å². The van der Waals surface area contributed by atoms with Crippen LogP contribution in [0, 0.1) is 12.7 Å². The predicted molar refractivity (Wildman–Crippen MR) is 99.0 cm³/mol. The van der Waals surface area contributed by atoms with Gasteiger partial charge in [-0.3, -0.25) is 18.9 Å². The van der Waals surface area contributed by atoms with Gasteiger partial charge in [-0.1, -0.05) is 18.2 Å². The van der Waals surface area contributed by atoms with E-state index in [1.807, 2.05) is 0 Å². The molecule has 1 saturated heterocycles. The number of imide groups is 1. The van der Waals surface area contributed by atoms with Crippen molar-refractivity contribution in [2.45, 2.75) is 25.9 Å². The summed E-state index contributed by atoms with van der Waals surface area (Å²) in [6, 6.07) is 11.4. The zero-order chi connectivity index (χ0) is 20.1. The van der Waals surface area contributed by atoms with Crippen LogP contribution >= 0.6 is 0 Å². The monoisotopic (exact) mass is 380 g/mol. The van der Waals surface area contributed by atoms with E-state index in [0.29, 0.717) is 16.9 Å². The lowest BCUT2D eigenvalue weighted by molar-refractivity contribution is -0.131. The molecule has 1 unspecified atom stereocenters. The number of benzene rings is 1. The third-order valence-corrected chi connectivity index (χ3v) is 4.95. The number of halogens is 1. The van der Waals surface area contributed by atoms with Crippen LogP contribution < -0.4 is 10.9 Å². The average Bonchev–Trinajstić information content (AvgIpc) is 2.86. The van der Waals surface area contributed by atoms with Crippen LogP contribution in [0.5, 0.6) is 0 Å². The number of rotatable bonds is 3. The van der Waals surface area contributed by atoms with Gasteiger partial charge in [0.1, 0.15) is 17.0 Å². The fourth-order valence-electron chi connectivity index (χ4n) is 3.43. The van der Waals surface area contributed by atoms with Gasteiger partial charge in [-0.25, -0.2) is 14.2 Å². The van der Waals surface area contributed by atoms with Crippen LogP contribution in [0.4, 0.5) is 9.18 Å². The molecule has 1 fully saturated rings. The van der Waals surface area contributed by atoms with Crippen molar-refractivity contribution in [1.82, 2.24) is 19.6 Å². The van der Waals surface area contributed by atoms with Crippen LogP contribution in [0.1, 0.15) is 23.9 Å². The average molecular weight is 380 g/mol. The number of fused-ring (bicyclic) bond motifs is 1. The van der Waals surface area contributed by atoms with Crippen molar-refractivity contribution in [1.29, 1.82) is 0 Å². The van der Waals surface area contributed by atoms with Gasteiger partial charge in [0.2, 0.25) is 0 Å². The normalized spacial score (nSPS) is 19.3. The van der Waals surface area contributed by atoms with E-state index >= 15 is 0 Å². The lowest BCUT2D eigenvalue weighted by Gasteiger charge is -2.22. The Morgan fingerprint density at radius 3 is 2.54 bits per heavy atom. The molecule has 1 N–H and O–H groups in total. The molecule has 0 radical (unpaired) electrons. The van der Waals surface area contributed by atoms with Crippen molar-refractivity contribution in [3.63, 3.8) is 0 Å². The summed E-state index contributed by atoms with van der Waals surface area (Å²) in [7, 11) is 0. The van der Waals surface area contributed by atoms with Gasteiger partial charge in [0, 0.05) is 11.8 Å². The third-order valence-electron chi connectivity index (χ3n) is 4.95. The van der Waals surface area contributed by atoms with Crippen LogP contribution in [0.2, 0.25) is 0 Å². The molecule has 3 amide bonds. The van der Waals surface area contributed by atoms with Crippen LogP contribution in [-0.4, -0.2) is 26.2 Å². The Hall–Kier alpha value is -3.55. The van der Waals surface area contributed by atoms with Crippen LogP contribution in [-0.2, 0) is 16.9 Å². The minimum atomic E-state index is -1.31. The lowest BCUT2D eigenvalue weighted by Crippen LogP contribution is -2.40. The highest BCUT2D eigenvalue weighted by atomic mass is 19.1. The molecule has 7 nitrogen and oxygen atoms in total. The Bertz CT molecular complexity index is 1170. The molecule has 0 saturated carbocycles. The summed E-state index contributed by atoms with van der Waals surface area (Å²) >= 11 is 0. The van der Waals surface area contributed by atoms with Crippen molar-refractivity contribution < 1.29 is 14.0 Å². The summed E-state index contributed by atoms with van der Waals surface area (Å²) in [6.45, 7) is 3.22. The number of urea groups is 1. The number of carbonyl (C=O) groups is 2. The number of hydrogen-bond acceptors (Lipinski definition) is 4. The molecule has 0 bridgehead atoms. The summed E-state index contributed by atoms with van der Waals surface area (Å²) in [6.07, 6.45) is 0. The maximum absolute atomic E-state index is 13.2. The Kier molecular flexibility index (Phi) is 3.99. The summed E-state index contributed by atoms with van der Waals surface area (Å²) in [5.74, 6) is -0.924. The second-order valence-electron chi connectivity index (χ2n) is 6.90. The molecule has 1 atom stereocenters. The quantitative estimate of drug-likeness (QED) is 0.706. The van der Waals surface area contributed by atoms with Crippen molar-refractivity contribution in [2.75, 3.05) is 0 Å². The topological polar surface area (TPSA) is 83.8 Å². The standard InChI is InChI=1S/C20H17FN4O3/c1-12-4-3-5-16-22-15(10-17(26)25(12)16)11-24-18(27)20(2,23-19(24)28)13-6-8-14(21)9-7-13/h3-10H,11H2,1-2H3,(H,23,28). The van der Waals surface area contributed by atoms with Crippen LogP contribution in [0.15, 0.2) is 53.3 Å². The fourth-order valence-corrected chi connectivity index (χ4v) is 3.43. The van der Waals surface area contributed by atoms with Gasteiger partial charge in [-0.2, -0.15) is 0 Å². The zero-order valence-corrected chi connectivity index (χ0v) is 15.3. The Balaban J connectivity index is 1.68. The van der Waals surface area contributed by atoms with E-state index in [0.717, 1.165) is 10.6 Å². The van der Waals surface area contributed by atoms with E-state index in [2.05, 4.69) is 10.3 Å².